The molecule has 0 saturated carbocycles. The van der Waals surface area contributed by atoms with Crippen LogP contribution in [0.4, 0.5) is 0 Å². The zero-order valence-electron chi connectivity index (χ0n) is 10.9. The first-order valence-corrected chi connectivity index (χ1v) is 7.67. The Morgan fingerprint density at radius 2 is 2.39 bits per heavy atom. The topological polar surface area (TPSA) is 64.1 Å². The first-order chi connectivity index (χ1) is 8.67. The van der Waals surface area contributed by atoms with Crippen LogP contribution in [0.1, 0.15) is 25.6 Å². The molecule has 0 fully saturated rings. The van der Waals surface area contributed by atoms with Gasteiger partial charge in [0.25, 0.3) is 0 Å². The second kappa shape index (κ2) is 8.44. The third-order valence-corrected chi connectivity index (χ3v) is 4.23. The number of carbonyl (C=O) groups is 1. The molecular weight excluding hydrogens is 270 g/mol. The van der Waals surface area contributed by atoms with Gasteiger partial charge in [-0.25, -0.2) is 4.98 Å². The minimum Gasteiger partial charge on any atom is -0.468 e. The van der Waals surface area contributed by atoms with Crippen molar-refractivity contribution in [3.63, 3.8) is 0 Å². The van der Waals surface area contributed by atoms with E-state index in [1.54, 1.807) is 11.8 Å². The maximum atomic E-state index is 11.5. The number of nitrogens with zero attached hydrogens (tertiary/aromatic N) is 2. The van der Waals surface area contributed by atoms with Crippen LogP contribution in [0.2, 0.25) is 0 Å². The van der Waals surface area contributed by atoms with Gasteiger partial charge >= 0.3 is 5.97 Å². The van der Waals surface area contributed by atoms with E-state index in [0.29, 0.717) is 0 Å². The molecule has 1 unspecified atom stereocenters. The molecule has 0 aliphatic rings. The number of methoxy groups -OCH3 is 1. The summed E-state index contributed by atoms with van der Waals surface area (Å²) in [6.45, 7) is 4.77. The lowest BCUT2D eigenvalue weighted by Gasteiger charge is -2.15. The van der Waals surface area contributed by atoms with Crippen LogP contribution in [0.15, 0.2) is 4.34 Å². The molecule has 7 heteroatoms. The van der Waals surface area contributed by atoms with E-state index in [-0.39, 0.29) is 12.0 Å². The fourth-order valence-corrected chi connectivity index (χ4v) is 3.09. The number of aryl methyl sites for hydroxylation is 1. The van der Waals surface area contributed by atoms with Crippen molar-refractivity contribution in [3.05, 3.63) is 5.82 Å². The summed E-state index contributed by atoms with van der Waals surface area (Å²) in [7, 11) is 1.42. The molecule has 0 spiro atoms. The molecule has 1 aromatic rings. The smallest absolute Gasteiger partial charge is 0.322 e. The van der Waals surface area contributed by atoms with Crippen molar-refractivity contribution in [1.29, 1.82) is 0 Å². The summed E-state index contributed by atoms with van der Waals surface area (Å²) in [5.74, 6) is 1.43. The molecule has 1 heterocycles. The Hall–Kier alpha value is -0.660. The van der Waals surface area contributed by atoms with Gasteiger partial charge < -0.3 is 10.1 Å². The average Bonchev–Trinajstić information content (AvgIpc) is 2.78. The summed E-state index contributed by atoms with van der Waals surface area (Å²) in [6, 6.07) is -0.225. The van der Waals surface area contributed by atoms with Crippen LogP contribution in [-0.2, 0) is 9.53 Å². The maximum absolute atomic E-state index is 11.5. The lowest BCUT2D eigenvalue weighted by molar-refractivity contribution is -0.143. The van der Waals surface area contributed by atoms with Gasteiger partial charge in [-0.3, -0.25) is 4.79 Å². The number of hydrogen-bond acceptors (Lipinski definition) is 7. The molecule has 18 heavy (non-hydrogen) atoms. The third kappa shape index (κ3) is 5.32. The summed E-state index contributed by atoms with van der Waals surface area (Å²) >= 11 is 3.03. The van der Waals surface area contributed by atoms with Crippen LogP contribution in [0, 0.1) is 6.92 Å². The van der Waals surface area contributed by atoms with Crippen LogP contribution in [-0.4, -0.2) is 40.8 Å². The normalized spacial score (nSPS) is 12.4. The fourth-order valence-electron chi connectivity index (χ4n) is 1.36. The van der Waals surface area contributed by atoms with Gasteiger partial charge in [-0.05, 0) is 37.8 Å². The summed E-state index contributed by atoms with van der Waals surface area (Å²) in [5.41, 5.74) is 0. The maximum Gasteiger partial charge on any atom is 0.322 e. The lowest BCUT2D eigenvalue weighted by atomic mass is 10.2. The van der Waals surface area contributed by atoms with Crippen molar-refractivity contribution < 1.29 is 9.53 Å². The minimum atomic E-state index is -0.225. The number of ether oxygens (including phenoxy) is 1. The van der Waals surface area contributed by atoms with Gasteiger partial charge in [0.2, 0.25) is 0 Å². The highest BCUT2D eigenvalue weighted by molar-refractivity contribution is 8.00. The highest BCUT2D eigenvalue weighted by Crippen LogP contribution is 2.21. The van der Waals surface area contributed by atoms with E-state index >= 15 is 0 Å². The quantitative estimate of drug-likeness (QED) is 0.582. The Morgan fingerprint density at radius 3 is 2.94 bits per heavy atom. The standard InChI is InChI=1S/C11H19N3O2S2/c1-4-6-12-9(10(15)16-3)5-7-17-11-13-8(2)14-18-11/h9,12H,4-7H2,1-3H3. The van der Waals surface area contributed by atoms with E-state index in [1.807, 2.05) is 6.92 Å². The van der Waals surface area contributed by atoms with Gasteiger partial charge in [-0.2, -0.15) is 4.37 Å². The van der Waals surface area contributed by atoms with Crippen LogP contribution in [0.5, 0.6) is 0 Å². The van der Waals surface area contributed by atoms with Crippen molar-refractivity contribution in [2.75, 3.05) is 19.4 Å². The molecule has 1 aromatic heterocycles. The van der Waals surface area contributed by atoms with Gasteiger partial charge in [0.05, 0.1) is 7.11 Å². The number of hydrogen-bond donors (Lipinski definition) is 1. The van der Waals surface area contributed by atoms with E-state index in [0.717, 1.165) is 35.3 Å². The van der Waals surface area contributed by atoms with E-state index < -0.39 is 0 Å². The van der Waals surface area contributed by atoms with Crippen molar-refractivity contribution in [3.8, 4) is 0 Å². The lowest BCUT2D eigenvalue weighted by Crippen LogP contribution is -2.38. The molecule has 0 aromatic carbocycles. The molecule has 1 atom stereocenters. The number of carbonyl (C=O) groups excluding carboxylic acids is 1. The molecule has 5 nitrogen and oxygen atoms in total. The predicted octanol–water partition coefficient (Wildman–Crippen LogP) is 1.87. The number of thioether (sulfide) groups is 1. The van der Waals surface area contributed by atoms with Crippen LogP contribution in [0.25, 0.3) is 0 Å². The Bertz CT molecular complexity index is 371. The van der Waals surface area contributed by atoms with Crippen molar-refractivity contribution in [2.24, 2.45) is 0 Å². The minimum absolute atomic E-state index is 0.197. The molecule has 1 N–H and O–H groups in total. The van der Waals surface area contributed by atoms with Crippen molar-refractivity contribution >= 4 is 29.3 Å². The Morgan fingerprint density at radius 1 is 1.61 bits per heavy atom. The van der Waals surface area contributed by atoms with E-state index in [1.165, 1.54) is 18.6 Å². The van der Waals surface area contributed by atoms with Crippen LogP contribution in [0.3, 0.4) is 0 Å². The van der Waals surface area contributed by atoms with Crippen LogP contribution >= 0.6 is 23.3 Å². The molecule has 0 amide bonds. The molecule has 0 aliphatic carbocycles. The zero-order chi connectivity index (χ0) is 13.4. The molecule has 0 bridgehead atoms. The van der Waals surface area contributed by atoms with Gasteiger partial charge in [-0.15, -0.1) is 0 Å². The second-order valence-corrected chi connectivity index (χ2v) is 5.87. The largest absolute Gasteiger partial charge is 0.468 e. The monoisotopic (exact) mass is 289 g/mol. The van der Waals surface area contributed by atoms with Gasteiger partial charge in [0.15, 0.2) is 4.34 Å². The van der Waals surface area contributed by atoms with Crippen LogP contribution < -0.4 is 5.32 Å². The van der Waals surface area contributed by atoms with E-state index in [4.69, 9.17) is 4.74 Å². The zero-order valence-corrected chi connectivity index (χ0v) is 12.6. The summed E-state index contributed by atoms with van der Waals surface area (Å²) in [5, 5.41) is 3.19. The highest BCUT2D eigenvalue weighted by Gasteiger charge is 2.17. The first-order valence-electron chi connectivity index (χ1n) is 5.91. The molecular formula is C11H19N3O2S2. The molecule has 1 rings (SSSR count). The van der Waals surface area contributed by atoms with Gasteiger partial charge in [-0.1, -0.05) is 18.7 Å². The number of nitrogens with one attached hydrogen (secondary N) is 1. The fraction of sp³-hybridized carbons (Fsp3) is 0.727. The third-order valence-electron chi connectivity index (χ3n) is 2.27. The summed E-state index contributed by atoms with van der Waals surface area (Å²) in [4.78, 5) is 15.8. The number of rotatable bonds is 8. The van der Waals surface area contributed by atoms with E-state index in [9.17, 15) is 4.79 Å². The summed E-state index contributed by atoms with van der Waals surface area (Å²) in [6.07, 6.45) is 1.73. The average molecular weight is 289 g/mol. The first kappa shape index (κ1) is 15.4. The molecule has 0 radical (unpaired) electrons. The highest BCUT2D eigenvalue weighted by atomic mass is 32.2. The van der Waals surface area contributed by atoms with Crippen molar-refractivity contribution in [2.45, 2.75) is 37.1 Å². The predicted molar refractivity (Wildman–Crippen MR) is 74.1 cm³/mol. The molecule has 0 aliphatic heterocycles. The molecule has 102 valence electrons. The van der Waals surface area contributed by atoms with E-state index in [2.05, 4.69) is 21.6 Å². The number of aromatic nitrogens is 2. The van der Waals surface area contributed by atoms with Crippen molar-refractivity contribution in [1.82, 2.24) is 14.7 Å². The Kier molecular flexibility index (Phi) is 7.22. The van der Waals surface area contributed by atoms with Gasteiger partial charge in [0.1, 0.15) is 11.9 Å². The molecule has 0 saturated heterocycles. The van der Waals surface area contributed by atoms with Gasteiger partial charge in [0, 0.05) is 5.75 Å². The SMILES string of the molecule is CCCNC(CCSc1nc(C)ns1)C(=O)OC. The Balaban J connectivity index is 2.34. The second-order valence-electron chi connectivity index (χ2n) is 3.77. The Labute approximate surface area is 116 Å². The summed E-state index contributed by atoms with van der Waals surface area (Å²) < 4.78 is 9.85. The number of esters is 1.